The second kappa shape index (κ2) is 95.4. The third-order valence-electron chi connectivity index (χ3n) is 1.65. The molecule has 1 saturated carbocycles. The van der Waals surface area contributed by atoms with Crippen LogP contribution < -0.4 is 73.4 Å². The van der Waals surface area contributed by atoms with E-state index in [1.54, 1.807) is 0 Å². The van der Waals surface area contributed by atoms with Crippen LogP contribution in [0.5, 0.6) is 0 Å². The molecule has 0 aliphatic heterocycles. The molecule has 0 bridgehead atoms. The quantitative estimate of drug-likeness (QED) is 0.292. The van der Waals surface area contributed by atoms with E-state index in [1.165, 1.54) is 32.1 Å². The van der Waals surface area contributed by atoms with E-state index in [2.05, 4.69) is 0 Å². The molecule has 14 heteroatoms. The Morgan fingerprint density at radius 1 is 0.450 bits per heavy atom. The number of rotatable bonds is 0. The lowest BCUT2D eigenvalue weighted by Crippen LogP contribution is -2.22. The van der Waals surface area contributed by atoms with E-state index in [9.17, 15) is 0 Å². The molecule has 1 rings (SSSR count). The molecule has 0 saturated heterocycles. The van der Waals surface area contributed by atoms with E-state index in [-0.39, 0.29) is 92.5 Å². The van der Waals surface area contributed by atoms with E-state index in [1.807, 2.05) is 0 Å². The van der Waals surface area contributed by atoms with Crippen LogP contribution in [-0.4, -0.2) is 6.04 Å². The number of hydrogen-bond acceptors (Lipinski definition) is 12. The fourth-order valence-corrected chi connectivity index (χ4v) is 1.13. The number of nitrogens with two attached hydrogens (primary N) is 1. The molecule has 35 N–H and O–H groups in total. The van der Waals surface area contributed by atoms with Gasteiger partial charge >= 0.3 is 0 Å². The Hall–Kier alpha value is 0.100. The fourth-order valence-electron chi connectivity index (χ4n) is 1.13. The van der Waals surface area contributed by atoms with Crippen molar-refractivity contribution in [3.8, 4) is 0 Å². The Labute approximate surface area is 137 Å². The highest BCUT2D eigenvalue weighted by Gasteiger charge is 2.06. The van der Waals surface area contributed by atoms with Crippen molar-refractivity contribution in [3.05, 3.63) is 0 Å². The summed E-state index contributed by atoms with van der Waals surface area (Å²) >= 11 is 0. The summed E-state index contributed by atoms with van der Waals surface area (Å²) in [6.07, 6.45) is 6.66. The van der Waals surface area contributed by atoms with Crippen molar-refractivity contribution in [1.29, 1.82) is 0 Å². The lowest BCUT2D eigenvalue weighted by Gasteiger charge is -2.15. The average Bonchev–Trinajstić information content (AvgIpc) is 1.69. The highest BCUT2D eigenvalue weighted by atomic mass is 35.5. The van der Waals surface area contributed by atoms with Gasteiger partial charge < -0.3 is 73.4 Å². The molecular formula is C6H48Cl2N12. The van der Waals surface area contributed by atoms with Gasteiger partial charge in [-0.15, -0.1) is 24.8 Å². The summed E-state index contributed by atoms with van der Waals surface area (Å²) in [5.41, 5.74) is 5.63. The van der Waals surface area contributed by atoms with E-state index in [4.69, 9.17) is 5.73 Å². The third-order valence-corrected chi connectivity index (χ3v) is 1.65. The lowest BCUT2D eigenvalue weighted by molar-refractivity contribution is 0.441. The summed E-state index contributed by atoms with van der Waals surface area (Å²) in [5, 5.41) is 0. The van der Waals surface area contributed by atoms with Crippen LogP contribution in [-0.2, 0) is 0 Å². The molecule has 20 heavy (non-hydrogen) atoms. The summed E-state index contributed by atoms with van der Waals surface area (Å²) in [4.78, 5) is 0. The SMILES string of the molecule is Cl.Cl.N.N.N.N.N.N.N.N.N.N.N.NC1CCCCC1. The van der Waals surface area contributed by atoms with Crippen LogP contribution in [0.25, 0.3) is 0 Å². The van der Waals surface area contributed by atoms with Crippen LogP contribution in [0.1, 0.15) is 32.1 Å². The molecule has 0 aromatic heterocycles. The topological polar surface area (TPSA) is 411 Å². The van der Waals surface area contributed by atoms with Gasteiger partial charge in [-0.25, -0.2) is 0 Å². The molecule has 0 aromatic carbocycles. The highest BCUT2D eigenvalue weighted by molar-refractivity contribution is 5.85. The van der Waals surface area contributed by atoms with Crippen molar-refractivity contribution in [2.45, 2.75) is 38.1 Å². The second-order valence-corrected chi connectivity index (χ2v) is 2.40. The zero-order chi connectivity index (χ0) is 5.11. The molecule has 0 unspecified atom stereocenters. The van der Waals surface area contributed by atoms with Crippen molar-refractivity contribution >= 4 is 24.8 Å². The monoisotopic (exact) mass is 358 g/mol. The Bertz CT molecular complexity index is 67.9. The molecule has 1 fully saturated rings. The summed E-state index contributed by atoms with van der Waals surface area (Å²) in [5.74, 6) is 0. The van der Waals surface area contributed by atoms with Gasteiger partial charge in [0, 0.05) is 6.04 Å². The maximum absolute atomic E-state index is 5.63. The minimum Gasteiger partial charge on any atom is -0.344 e. The Morgan fingerprint density at radius 3 is 0.750 bits per heavy atom. The van der Waals surface area contributed by atoms with Gasteiger partial charge in [0.15, 0.2) is 0 Å². The minimum atomic E-state index is 0. The maximum Gasteiger partial charge on any atom is 0.00388 e. The number of hydrogen-bond donors (Lipinski definition) is 12. The normalized spacial score (nSPS) is 8.85. The zero-order valence-corrected chi connectivity index (χ0v) is 14.9. The van der Waals surface area contributed by atoms with Crippen LogP contribution in [0.15, 0.2) is 0 Å². The van der Waals surface area contributed by atoms with Crippen molar-refractivity contribution in [3.63, 3.8) is 0 Å². The van der Waals surface area contributed by atoms with Crippen LogP contribution in [0.4, 0.5) is 0 Å². The molecule has 0 heterocycles. The molecule has 146 valence electrons. The Kier molecular flexibility index (Phi) is 694. The van der Waals surface area contributed by atoms with Crippen molar-refractivity contribution < 1.29 is 0 Å². The van der Waals surface area contributed by atoms with Gasteiger partial charge in [0.25, 0.3) is 0 Å². The van der Waals surface area contributed by atoms with Gasteiger partial charge in [-0.1, -0.05) is 19.3 Å². The number of halogens is 2. The van der Waals surface area contributed by atoms with Crippen molar-refractivity contribution in [2.24, 2.45) is 5.73 Å². The van der Waals surface area contributed by atoms with Gasteiger partial charge in [-0.05, 0) is 12.8 Å². The first-order valence-corrected chi connectivity index (χ1v) is 3.15. The minimum absolute atomic E-state index is 0. The molecule has 12 nitrogen and oxygen atoms in total. The Morgan fingerprint density at radius 2 is 0.650 bits per heavy atom. The molecule has 0 amide bonds. The molecular weight excluding hydrogens is 311 g/mol. The molecule has 1 aliphatic carbocycles. The lowest BCUT2D eigenvalue weighted by atomic mass is 9.97. The molecule has 0 aromatic rings. The predicted molar refractivity (Wildman–Crippen MR) is 101 cm³/mol. The predicted octanol–water partition coefficient (Wildman–Crippen LogP) is 3.90. The molecule has 1 aliphatic rings. The molecule has 0 radical (unpaired) electrons. The third kappa shape index (κ3) is 80.7. The summed E-state index contributed by atoms with van der Waals surface area (Å²) in [6.45, 7) is 0. The van der Waals surface area contributed by atoms with Crippen LogP contribution in [0.2, 0.25) is 0 Å². The standard InChI is InChI=1S/C6H13N.2ClH.11H3N/c7-6-4-2-1-3-5-6;;;;;;;;;;;;;/h6H,1-5,7H2;2*1H;11*1H3. The summed E-state index contributed by atoms with van der Waals surface area (Å²) < 4.78 is 0. The van der Waals surface area contributed by atoms with E-state index in [0.717, 1.165) is 0 Å². The van der Waals surface area contributed by atoms with Gasteiger partial charge in [-0.2, -0.15) is 0 Å². The average molecular weight is 359 g/mol. The van der Waals surface area contributed by atoms with E-state index in [0.29, 0.717) is 6.04 Å². The largest absolute Gasteiger partial charge is 0.344 e. The smallest absolute Gasteiger partial charge is 0.00388 e. The van der Waals surface area contributed by atoms with Crippen molar-refractivity contribution in [2.75, 3.05) is 0 Å². The molecule has 0 spiro atoms. The van der Waals surface area contributed by atoms with E-state index >= 15 is 0 Å². The fraction of sp³-hybridized carbons (Fsp3) is 1.00. The van der Waals surface area contributed by atoms with Gasteiger partial charge in [0.1, 0.15) is 0 Å². The van der Waals surface area contributed by atoms with Gasteiger partial charge in [0.05, 0.1) is 0 Å². The van der Waals surface area contributed by atoms with Gasteiger partial charge in [-0.3, -0.25) is 0 Å². The first-order valence-electron chi connectivity index (χ1n) is 3.15. The first-order chi connectivity index (χ1) is 3.39. The van der Waals surface area contributed by atoms with E-state index < -0.39 is 0 Å². The van der Waals surface area contributed by atoms with Crippen LogP contribution >= 0.6 is 24.8 Å². The van der Waals surface area contributed by atoms with Crippen LogP contribution in [0.3, 0.4) is 0 Å². The first kappa shape index (κ1) is 145. The highest BCUT2D eigenvalue weighted by Crippen LogP contribution is 2.14. The summed E-state index contributed by atoms with van der Waals surface area (Å²) in [7, 11) is 0. The Balaban J connectivity index is -0.00000000343. The second-order valence-electron chi connectivity index (χ2n) is 2.40. The zero-order valence-electron chi connectivity index (χ0n) is 13.3. The molecule has 0 atom stereocenters. The maximum atomic E-state index is 5.63. The van der Waals surface area contributed by atoms with Crippen LogP contribution in [0, 0.1) is 0 Å². The van der Waals surface area contributed by atoms with Gasteiger partial charge in [0.2, 0.25) is 0 Å². The van der Waals surface area contributed by atoms with Crippen molar-refractivity contribution in [1.82, 2.24) is 67.7 Å². The summed E-state index contributed by atoms with van der Waals surface area (Å²) in [6, 6.07) is 0.536.